The van der Waals surface area contributed by atoms with Gasteiger partial charge in [-0.3, -0.25) is 4.79 Å². The number of rotatable bonds is 5. The zero-order chi connectivity index (χ0) is 22.5. The quantitative estimate of drug-likeness (QED) is 0.384. The number of amides is 1. The number of thiazole rings is 2. The molecule has 3 aliphatic rings. The van der Waals surface area contributed by atoms with Crippen molar-refractivity contribution in [1.29, 1.82) is 0 Å². The van der Waals surface area contributed by atoms with Gasteiger partial charge in [-0.2, -0.15) is 0 Å². The van der Waals surface area contributed by atoms with Crippen molar-refractivity contribution in [2.45, 2.75) is 38.3 Å². The Kier molecular flexibility index (Phi) is 5.14. The van der Waals surface area contributed by atoms with Gasteiger partial charge in [0.2, 0.25) is 0 Å². The van der Waals surface area contributed by atoms with Crippen LogP contribution < -0.4 is 5.32 Å². The van der Waals surface area contributed by atoms with E-state index in [0.717, 1.165) is 50.1 Å². The van der Waals surface area contributed by atoms with E-state index in [2.05, 4.69) is 20.2 Å². The normalized spacial score (nSPS) is 21.8. The molecule has 2 aromatic carbocycles. The molecule has 2 saturated heterocycles. The van der Waals surface area contributed by atoms with Crippen molar-refractivity contribution in [3.63, 3.8) is 0 Å². The maximum Gasteiger partial charge on any atom is 0.274 e. The van der Waals surface area contributed by atoms with Crippen LogP contribution in [0.3, 0.4) is 0 Å². The summed E-state index contributed by atoms with van der Waals surface area (Å²) in [6.45, 7) is 2.59. The van der Waals surface area contributed by atoms with Gasteiger partial charge in [0, 0.05) is 18.6 Å². The summed E-state index contributed by atoms with van der Waals surface area (Å²) in [5.41, 5.74) is 2.38. The zero-order valence-corrected chi connectivity index (χ0v) is 19.8. The minimum absolute atomic E-state index is 0.0273. The number of halogens is 1. The van der Waals surface area contributed by atoms with Crippen molar-refractivity contribution < 1.29 is 9.18 Å². The number of piperidine rings is 2. The van der Waals surface area contributed by atoms with Gasteiger partial charge in [-0.25, -0.2) is 14.4 Å². The second kappa shape index (κ2) is 8.18. The summed E-state index contributed by atoms with van der Waals surface area (Å²) in [5, 5.41) is 5.09. The van der Waals surface area contributed by atoms with Crippen LogP contribution in [0.15, 0.2) is 48.5 Å². The van der Waals surface area contributed by atoms with Gasteiger partial charge in [0.1, 0.15) is 11.5 Å². The van der Waals surface area contributed by atoms with E-state index in [1.54, 1.807) is 17.4 Å². The van der Waals surface area contributed by atoms with Crippen molar-refractivity contribution in [1.82, 2.24) is 14.9 Å². The van der Waals surface area contributed by atoms with Crippen molar-refractivity contribution in [2.75, 3.05) is 11.9 Å². The molecular formula is C25H23FN4OS2. The molecule has 1 unspecified atom stereocenters. The highest BCUT2D eigenvalue weighted by atomic mass is 32.1. The SMILES string of the molecule is Cc1nc(C(=O)N2C(CNc3nc4ccc(F)cc4s3)CC3CC2C3)c(-c2ccccc2)s1. The average molecular weight is 479 g/mol. The number of aromatic nitrogens is 2. The Bertz CT molecular complexity index is 1330. The van der Waals surface area contributed by atoms with Crippen LogP contribution in [0.5, 0.6) is 0 Å². The highest BCUT2D eigenvalue weighted by Crippen LogP contribution is 2.44. The Hall–Kier alpha value is -2.84. The van der Waals surface area contributed by atoms with Crippen molar-refractivity contribution in [3.8, 4) is 10.4 Å². The molecule has 33 heavy (non-hydrogen) atoms. The van der Waals surface area contributed by atoms with Crippen molar-refractivity contribution >= 4 is 43.9 Å². The van der Waals surface area contributed by atoms with Gasteiger partial charge in [0.15, 0.2) is 5.13 Å². The summed E-state index contributed by atoms with van der Waals surface area (Å²) in [4.78, 5) is 26.1. The van der Waals surface area contributed by atoms with Crippen LogP contribution in [0, 0.1) is 18.7 Å². The van der Waals surface area contributed by atoms with Gasteiger partial charge >= 0.3 is 0 Å². The first-order chi connectivity index (χ1) is 16.0. The Balaban J connectivity index is 1.26. The number of benzene rings is 2. The topological polar surface area (TPSA) is 58.1 Å². The second-order valence-corrected chi connectivity index (χ2v) is 11.1. The standard InChI is InChI=1S/C25H23FN4OS2/c1-14-28-22(23(32-14)16-5-3-2-4-6-16)24(31)30-18-9-15(10-18)11-19(30)13-27-25-29-20-8-7-17(26)12-21(20)33-25/h2-8,12,15,18-19H,9-11,13H2,1H3,(H,27,29). The second-order valence-electron chi connectivity index (χ2n) is 8.88. The molecule has 1 N–H and O–H groups in total. The fourth-order valence-corrected chi connectivity index (χ4v) is 6.90. The molecular weight excluding hydrogens is 455 g/mol. The number of nitrogens with one attached hydrogen (secondary N) is 1. The molecule has 2 aromatic heterocycles. The summed E-state index contributed by atoms with van der Waals surface area (Å²) >= 11 is 3.02. The van der Waals surface area contributed by atoms with E-state index in [-0.39, 0.29) is 23.8 Å². The van der Waals surface area contributed by atoms with E-state index >= 15 is 0 Å². The molecule has 4 aromatic rings. The van der Waals surface area contributed by atoms with E-state index in [4.69, 9.17) is 0 Å². The van der Waals surface area contributed by atoms with E-state index in [9.17, 15) is 9.18 Å². The molecule has 3 fully saturated rings. The van der Waals surface area contributed by atoms with Crippen molar-refractivity contribution in [2.24, 2.45) is 5.92 Å². The smallest absolute Gasteiger partial charge is 0.274 e. The highest BCUT2D eigenvalue weighted by Gasteiger charge is 2.47. The van der Waals surface area contributed by atoms with Gasteiger partial charge in [0.05, 0.1) is 20.1 Å². The Morgan fingerprint density at radius 1 is 1.12 bits per heavy atom. The van der Waals surface area contributed by atoms with Crippen LogP contribution in [-0.4, -0.2) is 39.4 Å². The Morgan fingerprint density at radius 3 is 2.76 bits per heavy atom. The van der Waals surface area contributed by atoms with Crippen LogP contribution in [0.25, 0.3) is 20.7 Å². The first kappa shape index (κ1) is 20.7. The molecule has 0 radical (unpaired) electrons. The molecule has 1 aliphatic carbocycles. The van der Waals surface area contributed by atoms with Crippen LogP contribution >= 0.6 is 22.7 Å². The molecule has 1 saturated carbocycles. The fraction of sp³-hybridized carbons (Fsp3) is 0.320. The van der Waals surface area contributed by atoms with Crippen LogP contribution in [-0.2, 0) is 0 Å². The lowest BCUT2D eigenvalue weighted by Crippen LogP contribution is -2.60. The van der Waals surface area contributed by atoms with Gasteiger partial charge in [-0.15, -0.1) is 11.3 Å². The average Bonchev–Trinajstić information content (AvgIpc) is 3.39. The molecule has 1 atom stereocenters. The predicted octanol–water partition coefficient (Wildman–Crippen LogP) is 5.97. The first-order valence-electron chi connectivity index (χ1n) is 11.2. The number of nitrogens with zero attached hydrogens (tertiary/aromatic N) is 3. The fourth-order valence-electron chi connectivity index (χ4n) is 5.09. The number of hydrogen-bond donors (Lipinski definition) is 1. The van der Waals surface area contributed by atoms with Gasteiger partial charge in [-0.05, 0) is 55.9 Å². The number of fused-ring (bicyclic) bond motifs is 3. The molecule has 2 bridgehead atoms. The summed E-state index contributed by atoms with van der Waals surface area (Å²) in [7, 11) is 0. The zero-order valence-electron chi connectivity index (χ0n) is 18.1. The van der Waals surface area contributed by atoms with E-state index in [1.807, 2.05) is 37.3 Å². The van der Waals surface area contributed by atoms with Crippen LogP contribution in [0.4, 0.5) is 9.52 Å². The molecule has 7 rings (SSSR count). The van der Waals surface area contributed by atoms with E-state index in [1.165, 1.54) is 23.5 Å². The van der Waals surface area contributed by atoms with Gasteiger partial charge < -0.3 is 10.2 Å². The summed E-state index contributed by atoms with van der Waals surface area (Å²) < 4.78 is 14.4. The Labute approximate surface area is 199 Å². The minimum Gasteiger partial charge on any atom is -0.359 e. The molecule has 2 aliphatic heterocycles. The summed E-state index contributed by atoms with van der Waals surface area (Å²) in [6.07, 6.45) is 3.14. The van der Waals surface area contributed by atoms with Gasteiger partial charge in [-0.1, -0.05) is 41.7 Å². The lowest BCUT2D eigenvalue weighted by Gasteiger charge is -2.53. The van der Waals surface area contributed by atoms with Crippen molar-refractivity contribution in [3.05, 3.63) is 65.0 Å². The van der Waals surface area contributed by atoms with E-state index in [0.29, 0.717) is 18.2 Å². The predicted molar refractivity (Wildman–Crippen MR) is 131 cm³/mol. The number of carbonyl (C=O) groups excluding carboxylic acids is 1. The highest BCUT2D eigenvalue weighted by molar-refractivity contribution is 7.22. The molecule has 0 spiro atoms. The molecule has 168 valence electrons. The monoisotopic (exact) mass is 478 g/mol. The summed E-state index contributed by atoms with van der Waals surface area (Å²) in [6, 6.07) is 15.1. The van der Waals surface area contributed by atoms with Crippen LogP contribution in [0.2, 0.25) is 0 Å². The largest absolute Gasteiger partial charge is 0.359 e. The first-order valence-corrected chi connectivity index (χ1v) is 12.8. The third-order valence-electron chi connectivity index (χ3n) is 6.65. The summed E-state index contributed by atoms with van der Waals surface area (Å²) in [5.74, 6) is 0.454. The number of anilines is 1. The number of hydrogen-bond acceptors (Lipinski definition) is 6. The lowest BCUT2D eigenvalue weighted by atomic mass is 9.70. The molecule has 5 nitrogen and oxygen atoms in total. The number of carbonyl (C=O) groups is 1. The van der Waals surface area contributed by atoms with Gasteiger partial charge in [0.25, 0.3) is 5.91 Å². The minimum atomic E-state index is -0.255. The number of aryl methyl sites for hydroxylation is 1. The van der Waals surface area contributed by atoms with Crippen LogP contribution in [0.1, 0.15) is 34.8 Å². The third-order valence-corrected chi connectivity index (χ3v) is 8.65. The Morgan fingerprint density at radius 2 is 1.94 bits per heavy atom. The lowest BCUT2D eigenvalue weighted by molar-refractivity contribution is -0.0144. The molecule has 4 heterocycles. The maximum absolute atomic E-state index is 13.8. The van der Waals surface area contributed by atoms with E-state index < -0.39 is 0 Å². The third kappa shape index (κ3) is 3.81. The molecule has 1 amide bonds. The molecule has 8 heteroatoms. The maximum atomic E-state index is 13.8.